The van der Waals surface area contributed by atoms with Crippen molar-refractivity contribution in [1.82, 2.24) is 5.32 Å². The topological polar surface area (TPSA) is 38.3 Å². The Labute approximate surface area is 177 Å². The van der Waals surface area contributed by atoms with E-state index in [0.717, 1.165) is 34.0 Å². The number of hydrogen-bond acceptors (Lipinski definition) is 2. The van der Waals surface area contributed by atoms with Gasteiger partial charge in [-0.05, 0) is 70.9 Å². The molecule has 1 aromatic rings. The van der Waals surface area contributed by atoms with Crippen LogP contribution in [0.3, 0.4) is 0 Å². The standard InChI is InChI=1S/C19H26ClF3INO2/c1-18(2,3)16(25-17(26)19(21,22)23)10-13-9-12(7-5-6-8-27-4)14(20)11-15(13)24/h9,11,16H,5-8,10H2,1-4H3,(H,25,26). The second-order valence-corrected chi connectivity index (χ2v) is 9.15. The zero-order valence-electron chi connectivity index (χ0n) is 16.0. The smallest absolute Gasteiger partial charge is 0.385 e. The average molecular weight is 520 g/mol. The first-order chi connectivity index (χ1) is 12.4. The molecule has 0 radical (unpaired) electrons. The predicted molar refractivity (Wildman–Crippen MR) is 110 cm³/mol. The van der Waals surface area contributed by atoms with Crippen LogP contribution < -0.4 is 5.32 Å². The van der Waals surface area contributed by atoms with Gasteiger partial charge < -0.3 is 10.1 Å². The van der Waals surface area contributed by atoms with E-state index in [9.17, 15) is 18.0 Å². The maximum absolute atomic E-state index is 12.7. The van der Waals surface area contributed by atoms with E-state index in [1.165, 1.54) is 0 Å². The molecule has 8 heteroatoms. The molecule has 0 aliphatic carbocycles. The Balaban J connectivity index is 3.02. The molecule has 3 nitrogen and oxygen atoms in total. The van der Waals surface area contributed by atoms with Crippen LogP contribution in [0.1, 0.15) is 44.7 Å². The highest BCUT2D eigenvalue weighted by Crippen LogP contribution is 2.30. The fourth-order valence-electron chi connectivity index (χ4n) is 2.59. The third kappa shape index (κ3) is 8.15. The second-order valence-electron chi connectivity index (χ2n) is 7.58. The number of hydrogen-bond donors (Lipinski definition) is 1. The van der Waals surface area contributed by atoms with E-state index in [1.54, 1.807) is 7.11 Å². The SMILES string of the molecule is COCCCCc1cc(CC(NC(=O)C(F)(F)F)C(C)(C)C)c(I)cc1Cl. The van der Waals surface area contributed by atoms with E-state index in [2.05, 4.69) is 27.9 Å². The minimum absolute atomic E-state index is 0.297. The van der Waals surface area contributed by atoms with Gasteiger partial charge in [-0.3, -0.25) is 4.79 Å². The molecule has 0 aliphatic heterocycles. The number of nitrogens with one attached hydrogen (secondary N) is 1. The van der Waals surface area contributed by atoms with Crippen LogP contribution >= 0.6 is 34.2 Å². The normalized spacial score (nSPS) is 13.5. The maximum atomic E-state index is 12.7. The zero-order valence-corrected chi connectivity index (χ0v) is 18.9. The quantitative estimate of drug-likeness (QED) is 0.361. The summed E-state index contributed by atoms with van der Waals surface area (Å²) in [6.07, 6.45) is -2.03. The molecule has 0 saturated heterocycles. The van der Waals surface area contributed by atoms with E-state index in [4.69, 9.17) is 16.3 Å². The fourth-order valence-corrected chi connectivity index (χ4v) is 3.72. The van der Waals surface area contributed by atoms with Crippen LogP contribution in [0, 0.1) is 8.99 Å². The summed E-state index contributed by atoms with van der Waals surface area (Å²) in [6, 6.07) is 3.10. The largest absolute Gasteiger partial charge is 0.471 e. The number of methoxy groups -OCH3 is 1. The number of carbonyl (C=O) groups is 1. The number of ether oxygens (including phenoxy) is 1. The molecule has 0 saturated carbocycles. The minimum Gasteiger partial charge on any atom is -0.385 e. The van der Waals surface area contributed by atoms with Crippen molar-refractivity contribution >= 4 is 40.1 Å². The molecule has 0 spiro atoms. The Morgan fingerprint density at radius 2 is 1.85 bits per heavy atom. The number of carbonyl (C=O) groups excluding carboxylic acids is 1. The lowest BCUT2D eigenvalue weighted by molar-refractivity contribution is -0.175. The van der Waals surface area contributed by atoms with Crippen LogP contribution in [-0.2, 0) is 22.4 Å². The first kappa shape index (κ1) is 24.5. The fraction of sp³-hybridized carbons (Fsp3) is 0.632. The lowest BCUT2D eigenvalue weighted by Crippen LogP contribution is -2.49. The van der Waals surface area contributed by atoms with Crippen LogP contribution in [0.4, 0.5) is 13.2 Å². The van der Waals surface area contributed by atoms with Crippen molar-refractivity contribution in [2.45, 2.75) is 58.7 Å². The number of amides is 1. The number of halogens is 5. The Kier molecular flexibility index (Phi) is 9.34. The number of aryl methyl sites for hydroxylation is 1. The van der Waals surface area contributed by atoms with Crippen LogP contribution in [0.25, 0.3) is 0 Å². The molecular formula is C19H26ClF3INO2. The highest BCUT2D eigenvalue weighted by Gasteiger charge is 2.41. The Morgan fingerprint density at radius 3 is 2.37 bits per heavy atom. The number of alkyl halides is 3. The van der Waals surface area contributed by atoms with E-state index in [0.29, 0.717) is 18.1 Å². The second kappa shape index (κ2) is 10.3. The maximum Gasteiger partial charge on any atom is 0.471 e. The molecule has 0 bridgehead atoms. The third-order valence-corrected chi connectivity index (χ3v) is 5.65. The van der Waals surface area contributed by atoms with Gasteiger partial charge in [0.2, 0.25) is 0 Å². The van der Waals surface area contributed by atoms with Gasteiger partial charge in [-0.2, -0.15) is 13.2 Å². The Hall–Kier alpha value is -0.540. The molecule has 0 heterocycles. The van der Waals surface area contributed by atoms with Gasteiger partial charge in [0.1, 0.15) is 0 Å². The first-order valence-electron chi connectivity index (χ1n) is 8.69. The minimum atomic E-state index is -4.90. The molecule has 27 heavy (non-hydrogen) atoms. The average Bonchev–Trinajstić information content (AvgIpc) is 2.52. The lowest BCUT2D eigenvalue weighted by Gasteiger charge is -2.32. The van der Waals surface area contributed by atoms with Crippen LogP contribution in [0.5, 0.6) is 0 Å². The van der Waals surface area contributed by atoms with Crippen molar-refractivity contribution in [3.05, 3.63) is 31.9 Å². The van der Waals surface area contributed by atoms with Crippen LogP contribution in [-0.4, -0.2) is 31.8 Å². The Bertz CT molecular complexity index is 645. The third-order valence-electron chi connectivity index (χ3n) is 4.29. The highest BCUT2D eigenvalue weighted by atomic mass is 127. The molecule has 1 N–H and O–H groups in total. The number of unbranched alkanes of at least 4 members (excludes halogenated alkanes) is 1. The molecule has 0 aliphatic rings. The van der Waals surface area contributed by atoms with Crippen LogP contribution in [0.2, 0.25) is 5.02 Å². The van der Waals surface area contributed by atoms with Crippen molar-refractivity contribution in [2.75, 3.05) is 13.7 Å². The van der Waals surface area contributed by atoms with Gasteiger partial charge in [0.15, 0.2) is 0 Å². The summed E-state index contributed by atoms with van der Waals surface area (Å²) in [5, 5.41) is 2.80. The molecule has 1 unspecified atom stereocenters. The first-order valence-corrected chi connectivity index (χ1v) is 10.2. The molecule has 1 aromatic carbocycles. The van der Waals surface area contributed by atoms with Gasteiger partial charge in [-0.15, -0.1) is 0 Å². The molecular weight excluding hydrogens is 494 g/mol. The number of rotatable bonds is 8. The zero-order chi connectivity index (χ0) is 20.8. The molecule has 1 rings (SSSR count). The summed E-state index contributed by atoms with van der Waals surface area (Å²) in [4.78, 5) is 11.4. The summed E-state index contributed by atoms with van der Waals surface area (Å²) in [7, 11) is 1.65. The predicted octanol–water partition coefficient (Wildman–Crippen LogP) is 5.55. The van der Waals surface area contributed by atoms with Crippen molar-refractivity contribution in [1.29, 1.82) is 0 Å². The van der Waals surface area contributed by atoms with E-state index in [1.807, 2.05) is 32.9 Å². The van der Waals surface area contributed by atoms with Crippen LogP contribution in [0.15, 0.2) is 12.1 Å². The van der Waals surface area contributed by atoms with Crippen molar-refractivity contribution in [3.63, 3.8) is 0 Å². The van der Waals surface area contributed by atoms with Crippen molar-refractivity contribution < 1.29 is 22.7 Å². The van der Waals surface area contributed by atoms with Crippen molar-refractivity contribution in [2.24, 2.45) is 5.41 Å². The van der Waals surface area contributed by atoms with Gasteiger partial charge in [-0.1, -0.05) is 38.4 Å². The highest BCUT2D eigenvalue weighted by molar-refractivity contribution is 14.1. The lowest BCUT2D eigenvalue weighted by atomic mass is 9.82. The van der Waals surface area contributed by atoms with Gasteiger partial charge in [0.05, 0.1) is 0 Å². The van der Waals surface area contributed by atoms with Gasteiger partial charge in [-0.25, -0.2) is 0 Å². The van der Waals surface area contributed by atoms with E-state index >= 15 is 0 Å². The summed E-state index contributed by atoms with van der Waals surface area (Å²) < 4.78 is 44.0. The summed E-state index contributed by atoms with van der Waals surface area (Å²) >= 11 is 8.46. The molecule has 0 fully saturated rings. The molecule has 154 valence electrons. The number of benzene rings is 1. The van der Waals surface area contributed by atoms with Crippen molar-refractivity contribution in [3.8, 4) is 0 Å². The Morgan fingerprint density at radius 1 is 1.22 bits per heavy atom. The van der Waals surface area contributed by atoms with E-state index in [-0.39, 0.29) is 0 Å². The summed E-state index contributed by atoms with van der Waals surface area (Å²) in [5.41, 5.74) is 1.30. The molecule has 1 amide bonds. The van der Waals surface area contributed by atoms with E-state index < -0.39 is 23.5 Å². The molecule has 1 atom stereocenters. The van der Waals surface area contributed by atoms with Gasteiger partial charge >= 0.3 is 12.1 Å². The monoisotopic (exact) mass is 519 g/mol. The summed E-state index contributed by atoms with van der Waals surface area (Å²) in [5.74, 6) is -1.91. The van der Waals surface area contributed by atoms with Gasteiger partial charge in [0, 0.05) is 28.4 Å². The summed E-state index contributed by atoms with van der Waals surface area (Å²) in [6.45, 7) is 6.10. The molecule has 0 aromatic heterocycles. The van der Waals surface area contributed by atoms with Gasteiger partial charge in [0.25, 0.3) is 0 Å².